The number of hydrogen-bond acceptors (Lipinski definition) is 6. The molecule has 0 amide bonds. The number of carbonyl (C=O) groups is 1. The molecule has 7 nitrogen and oxygen atoms in total. The molecular formula is C11H20N2O5S. The highest BCUT2D eigenvalue weighted by atomic mass is 32.2. The number of rotatable bonds is 5. The van der Waals surface area contributed by atoms with Crippen molar-refractivity contribution in [1.82, 2.24) is 9.21 Å². The van der Waals surface area contributed by atoms with Crippen LogP contribution in [-0.2, 0) is 24.3 Å². The first-order chi connectivity index (χ1) is 8.89. The second kappa shape index (κ2) is 6.88. The number of nitrogens with zero attached hydrogens (tertiary/aromatic N) is 2. The second-order valence-electron chi connectivity index (χ2n) is 4.19. The van der Waals surface area contributed by atoms with Gasteiger partial charge in [0.25, 0.3) is 10.0 Å². The lowest BCUT2D eigenvalue weighted by atomic mass is 10.5. The Morgan fingerprint density at radius 3 is 2.42 bits per heavy atom. The van der Waals surface area contributed by atoms with Gasteiger partial charge >= 0.3 is 5.97 Å². The van der Waals surface area contributed by atoms with Crippen molar-refractivity contribution in [3.8, 4) is 0 Å². The smallest absolute Gasteiger partial charge is 0.352 e. The number of ether oxygens (including phenoxy) is 2. The average Bonchev–Trinajstić information content (AvgIpc) is 2.37. The monoisotopic (exact) mass is 292 g/mol. The molecule has 0 saturated carbocycles. The summed E-state index contributed by atoms with van der Waals surface area (Å²) in [5.74, 6) is -0.831. The van der Waals surface area contributed by atoms with Crippen LogP contribution in [0.2, 0.25) is 0 Å². The van der Waals surface area contributed by atoms with Crippen molar-refractivity contribution in [2.75, 3.05) is 47.0 Å². The van der Waals surface area contributed by atoms with E-state index in [2.05, 4.69) is 0 Å². The van der Waals surface area contributed by atoms with Crippen LogP contribution in [0.15, 0.2) is 11.1 Å². The van der Waals surface area contributed by atoms with Gasteiger partial charge < -0.3 is 14.4 Å². The SMILES string of the molecule is CCOC(=O)C(=CN(C)C)S(=O)(=O)N1CCOCC1. The third-order valence-corrected chi connectivity index (χ3v) is 4.31. The van der Waals surface area contributed by atoms with Crippen molar-refractivity contribution in [3.63, 3.8) is 0 Å². The molecule has 0 spiro atoms. The van der Waals surface area contributed by atoms with E-state index in [0.29, 0.717) is 13.2 Å². The van der Waals surface area contributed by atoms with Crippen LogP contribution >= 0.6 is 0 Å². The Kier molecular flexibility index (Phi) is 5.77. The molecule has 0 atom stereocenters. The van der Waals surface area contributed by atoms with Crippen LogP contribution in [-0.4, -0.2) is 70.6 Å². The quantitative estimate of drug-likeness (QED) is 0.507. The fraction of sp³-hybridized carbons (Fsp3) is 0.727. The number of carbonyl (C=O) groups excluding carboxylic acids is 1. The lowest BCUT2D eigenvalue weighted by Gasteiger charge is -2.26. The van der Waals surface area contributed by atoms with Crippen molar-refractivity contribution in [2.24, 2.45) is 0 Å². The van der Waals surface area contributed by atoms with Crippen molar-refractivity contribution in [3.05, 3.63) is 11.1 Å². The fourth-order valence-corrected chi connectivity index (χ4v) is 3.11. The van der Waals surface area contributed by atoms with E-state index in [1.165, 1.54) is 15.4 Å². The topological polar surface area (TPSA) is 76.2 Å². The largest absolute Gasteiger partial charge is 0.462 e. The Balaban J connectivity index is 3.05. The summed E-state index contributed by atoms with van der Waals surface area (Å²) in [4.78, 5) is 13.0. The molecule has 0 bridgehead atoms. The van der Waals surface area contributed by atoms with Crippen LogP contribution < -0.4 is 0 Å². The summed E-state index contributed by atoms with van der Waals surface area (Å²) >= 11 is 0. The zero-order valence-corrected chi connectivity index (χ0v) is 12.3. The summed E-state index contributed by atoms with van der Waals surface area (Å²) in [6, 6.07) is 0. The van der Waals surface area contributed by atoms with E-state index < -0.39 is 16.0 Å². The van der Waals surface area contributed by atoms with Gasteiger partial charge in [0.2, 0.25) is 0 Å². The molecule has 1 aliphatic heterocycles. The van der Waals surface area contributed by atoms with Gasteiger partial charge in [-0.15, -0.1) is 0 Å². The molecule has 0 radical (unpaired) electrons. The van der Waals surface area contributed by atoms with Crippen molar-refractivity contribution in [2.45, 2.75) is 6.92 Å². The van der Waals surface area contributed by atoms with Crippen molar-refractivity contribution >= 4 is 16.0 Å². The predicted molar refractivity (Wildman–Crippen MR) is 69.7 cm³/mol. The predicted octanol–water partition coefficient (Wildman–Crippen LogP) is -0.385. The molecule has 0 aromatic rings. The van der Waals surface area contributed by atoms with Crippen molar-refractivity contribution < 1.29 is 22.7 Å². The number of esters is 1. The van der Waals surface area contributed by atoms with Crippen LogP contribution in [0.3, 0.4) is 0 Å². The van der Waals surface area contributed by atoms with Gasteiger partial charge in [0, 0.05) is 33.4 Å². The molecule has 19 heavy (non-hydrogen) atoms. The maximum Gasteiger partial charge on any atom is 0.352 e. The van der Waals surface area contributed by atoms with Crippen molar-refractivity contribution in [1.29, 1.82) is 0 Å². The zero-order chi connectivity index (χ0) is 14.5. The van der Waals surface area contributed by atoms with E-state index >= 15 is 0 Å². The van der Waals surface area contributed by atoms with Crippen LogP contribution in [0.5, 0.6) is 0 Å². The van der Waals surface area contributed by atoms with E-state index in [4.69, 9.17) is 9.47 Å². The molecule has 110 valence electrons. The summed E-state index contributed by atoms with van der Waals surface area (Å²) in [5.41, 5.74) is 0. The minimum atomic E-state index is -3.84. The summed E-state index contributed by atoms with van der Waals surface area (Å²) in [6.07, 6.45) is 1.27. The minimum Gasteiger partial charge on any atom is -0.462 e. The molecule has 0 aromatic heterocycles. The molecule has 0 unspecified atom stereocenters. The van der Waals surface area contributed by atoms with Gasteiger partial charge in [0.1, 0.15) is 0 Å². The van der Waals surface area contributed by atoms with Gasteiger partial charge in [0.15, 0.2) is 4.91 Å². The van der Waals surface area contributed by atoms with Gasteiger partial charge in [0.05, 0.1) is 19.8 Å². The molecule has 0 aromatic carbocycles. The van der Waals surface area contributed by atoms with E-state index in [1.807, 2.05) is 0 Å². The molecule has 1 rings (SSSR count). The molecule has 1 heterocycles. The summed E-state index contributed by atoms with van der Waals surface area (Å²) in [6.45, 7) is 2.91. The van der Waals surface area contributed by atoms with E-state index in [1.54, 1.807) is 21.0 Å². The zero-order valence-electron chi connectivity index (χ0n) is 11.5. The molecule has 1 aliphatic rings. The highest BCUT2D eigenvalue weighted by Gasteiger charge is 2.33. The Bertz CT molecular complexity index is 438. The number of hydrogen-bond donors (Lipinski definition) is 0. The standard InChI is InChI=1S/C11H20N2O5S/c1-4-18-11(14)10(9-12(2)3)19(15,16)13-5-7-17-8-6-13/h9H,4-8H2,1-3H3. The Morgan fingerprint density at radius 1 is 1.37 bits per heavy atom. The Labute approximate surface area is 113 Å². The molecule has 1 fully saturated rings. The molecule has 0 aliphatic carbocycles. The summed E-state index contributed by atoms with van der Waals surface area (Å²) < 4.78 is 36.0. The van der Waals surface area contributed by atoms with E-state index in [0.717, 1.165) is 0 Å². The molecule has 1 saturated heterocycles. The molecule has 0 N–H and O–H groups in total. The van der Waals surface area contributed by atoms with Gasteiger partial charge in [-0.25, -0.2) is 13.2 Å². The third kappa shape index (κ3) is 4.19. The third-order valence-electron chi connectivity index (χ3n) is 2.44. The first kappa shape index (κ1) is 15.9. The van der Waals surface area contributed by atoms with Gasteiger partial charge in [-0.3, -0.25) is 0 Å². The Morgan fingerprint density at radius 2 is 1.95 bits per heavy atom. The van der Waals surface area contributed by atoms with Crippen LogP contribution in [0, 0.1) is 0 Å². The second-order valence-corrected chi connectivity index (χ2v) is 6.10. The minimum absolute atomic E-state index is 0.127. The highest BCUT2D eigenvalue weighted by molar-refractivity contribution is 7.94. The lowest BCUT2D eigenvalue weighted by Crippen LogP contribution is -2.42. The van der Waals surface area contributed by atoms with E-state index in [9.17, 15) is 13.2 Å². The maximum atomic E-state index is 12.4. The maximum absolute atomic E-state index is 12.4. The first-order valence-corrected chi connectivity index (χ1v) is 7.47. The van der Waals surface area contributed by atoms with E-state index in [-0.39, 0.29) is 24.6 Å². The highest BCUT2D eigenvalue weighted by Crippen LogP contribution is 2.17. The summed E-state index contributed by atoms with van der Waals surface area (Å²) in [7, 11) is -0.549. The number of sulfonamides is 1. The Hall–Kier alpha value is -1.12. The summed E-state index contributed by atoms with van der Waals surface area (Å²) in [5, 5.41) is 0. The van der Waals surface area contributed by atoms with Gasteiger partial charge in [-0.1, -0.05) is 0 Å². The van der Waals surface area contributed by atoms with Crippen LogP contribution in [0.1, 0.15) is 6.92 Å². The first-order valence-electron chi connectivity index (χ1n) is 6.03. The fourth-order valence-electron chi connectivity index (χ4n) is 1.59. The van der Waals surface area contributed by atoms with Crippen LogP contribution in [0.25, 0.3) is 0 Å². The molecule has 8 heteroatoms. The number of morpholine rings is 1. The van der Waals surface area contributed by atoms with Crippen LogP contribution in [0.4, 0.5) is 0 Å². The average molecular weight is 292 g/mol. The lowest BCUT2D eigenvalue weighted by molar-refractivity contribution is -0.137. The van der Waals surface area contributed by atoms with Gasteiger partial charge in [-0.05, 0) is 6.92 Å². The van der Waals surface area contributed by atoms with Gasteiger partial charge in [-0.2, -0.15) is 4.31 Å². The molecular weight excluding hydrogens is 272 g/mol. The normalized spacial score (nSPS) is 18.2.